The van der Waals surface area contributed by atoms with Crippen molar-refractivity contribution in [1.29, 1.82) is 0 Å². The SMILES string of the molecule is O=C([O-])[C@H]1CCCC[C@H]1C(=O)Nc1nc(-c2ccc(F)cc2)cs1. The third-order valence-corrected chi connectivity index (χ3v) is 5.04. The highest BCUT2D eigenvalue weighted by atomic mass is 32.1. The molecule has 126 valence electrons. The number of hydrogen-bond donors (Lipinski definition) is 1. The summed E-state index contributed by atoms with van der Waals surface area (Å²) in [6.07, 6.45) is 2.65. The fourth-order valence-electron chi connectivity index (χ4n) is 3.01. The number of carboxylic acids is 1. The van der Waals surface area contributed by atoms with Gasteiger partial charge in [-0.25, -0.2) is 9.37 Å². The number of aliphatic carboxylic acids is 1. The first-order valence-corrected chi connectivity index (χ1v) is 8.66. The van der Waals surface area contributed by atoms with Crippen LogP contribution in [0, 0.1) is 17.7 Å². The molecular formula is C17H16FN2O3S-. The van der Waals surface area contributed by atoms with Gasteiger partial charge in [0.15, 0.2) is 5.13 Å². The Morgan fingerprint density at radius 2 is 1.83 bits per heavy atom. The van der Waals surface area contributed by atoms with E-state index >= 15 is 0 Å². The van der Waals surface area contributed by atoms with Crippen LogP contribution < -0.4 is 10.4 Å². The molecule has 0 bridgehead atoms. The van der Waals surface area contributed by atoms with Crippen LogP contribution in [0.5, 0.6) is 0 Å². The number of anilines is 1. The van der Waals surface area contributed by atoms with E-state index in [1.54, 1.807) is 17.5 Å². The maximum absolute atomic E-state index is 13.0. The molecule has 1 saturated carbocycles. The van der Waals surface area contributed by atoms with Gasteiger partial charge in [0.25, 0.3) is 0 Å². The summed E-state index contributed by atoms with van der Waals surface area (Å²) < 4.78 is 13.0. The lowest BCUT2D eigenvalue weighted by Gasteiger charge is -2.30. The molecule has 1 aliphatic carbocycles. The van der Waals surface area contributed by atoms with Crippen molar-refractivity contribution in [2.24, 2.45) is 11.8 Å². The summed E-state index contributed by atoms with van der Waals surface area (Å²) in [6, 6.07) is 5.92. The summed E-state index contributed by atoms with van der Waals surface area (Å²) in [5.74, 6) is -3.14. The van der Waals surface area contributed by atoms with Gasteiger partial charge < -0.3 is 15.2 Å². The first-order valence-electron chi connectivity index (χ1n) is 7.78. The first-order chi connectivity index (χ1) is 11.5. The second kappa shape index (κ2) is 7.09. The zero-order valence-electron chi connectivity index (χ0n) is 12.8. The van der Waals surface area contributed by atoms with E-state index in [0.29, 0.717) is 23.7 Å². The molecule has 2 atom stereocenters. The molecule has 0 aliphatic heterocycles. The van der Waals surface area contributed by atoms with E-state index in [0.717, 1.165) is 18.4 Å². The Hall–Kier alpha value is -2.28. The molecule has 0 unspecified atom stereocenters. The van der Waals surface area contributed by atoms with Crippen LogP contribution in [0.15, 0.2) is 29.6 Å². The number of thiazole rings is 1. The van der Waals surface area contributed by atoms with Crippen molar-refractivity contribution in [1.82, 2.24) is 4.98 Å². The highest BCUT2D eigenvalue weighted by Gasteiger charge is 2.32. The molecule has 1 heterocycles. The molecule has 5 nitrogen and oxygen atoms in total. The van der Waals surface area contributed by atoms with Crippen molar-refractivity contribution >= 4 is 28.3 Å². The number of carbonyl (C=O) groups is 2. The van der Waals surface area contributed by atoms with Crippen molar-refractivity contribution in [3.63, 3.8) is 0 Å². The molecule has 0 spiro atoms. The molecule has 1 aliphatic rings. The molecule has 3 rings (SSSR count). The van der Waals surface area contributed by atoms with Crippen LogP contribution in [0.3, 0.4) is 0 Å². The predicted molar refractivity (Wildman–Crippen MR) is 86.6 cm³/mol. The summed E-state index contributed by atoms with van der Waals surface area (Å²) in [7, 11) is 0. The van der Waals surface area contributed by atoms with Crippen molar-refractivity contribution in [3.05, 3.63) is 35.5 Å². The van der Waals surface area contributed by atoms with E-state index in [1.807, 2.05) is 0 Å². The fourth-order valence-corrected chi connectivity index (χ4v) is 3.73. The lowest BCUT2D eigenvalue weighted by molar-refractivity contribution is -0.313. The number of aromatic nitrogens is 1. The smallest absolute Gasteiger partial charge is 0.229 e. The number of amides is 1. The Kier molecular flexibility index (Phi) is 4.89. The van der Waals surface area contributed by atoms with Gasteiger partial charge >= 0.3 is 0 Å². The quantitative estimate of drug-likeness (QED) is 0.921. The zero-order valence-corrected chi connectivity index (χ0v) is 13.6. The largest absolute Gasteiger partial charge is 0.550 e. The number of benzene rings is 1. The van der Waals surface area contributed by atoms with Crippen LogP contribution >= 0.6 is 11.3 Å². The molecular weight excluding hydrogens is 331 g/mol. The third kappa shape index (κ3) is 3.62. The monoisotopic (exact) mass is 347 g/mol. The molecule has 2 aromatic rings. The van der Waals surface area contributed by atoms with E-state index in [1.165, 1.54) is 23.5 Å². The maximum Gasteiger partial charge on any atom is 0.229 e. The summed E-state index contributed by atoms with van der Waals surface area (Å²) in [5.41, 5.74) is 1.38. The maximum atomic E-state index is 13.0. The second-order valence-corrected chi connectivity index (χ2v) is 6.71. The Morgan fingerprint density at radius 3 is 2.50 bits per heavy atom. The topological polar surface area (TPSA) is 82.1 Å². The van der Waals surface area contributed by atoms with Crippen LogP contribution in [0.2, 0.25) is 0 Å². The van der Waals surface area contributed by atoms with Crippen molar-refractivity contribution in [3.8, 4) is 11.3 Å². The minimum atomic E-state index is -1.17. The molecule has 1 fully saturated rings. The molecule has 0 saturated heterocycles. The lowest BCUT2D eigenvalue weighted by atomic mass is 9.79. The summed E-state index contributed by atoms with van der Waals surface area (Å²) >= 11 is 1.25. The molecule has 24 heavy (non-hydrogen) atoms. The average Bonchev–Trinajstić information content (AvgIpc) is 3.04. The fraction of sp³-hybridized carbons (Fsp3) is 0.353. The Labute approximate surface area is 142 Å². The zero-order chi connectivity index (χ0) is 17.1. The van der Waals surface area contributed by atoms with E-state index in [-0.39, 0.29) is 11.7 Å². The van der Waals surface area contributed by atoms with Crippen LogP contribution in [0.25, 0.3) is 11.3 Å². The second-order valence-electron chi connectivity index (χ2n) is 5.85. The van der Waals surface area contributed by atoms with Gasteiger partial charge in [-0.15, -0.1) is 11.3 Å². The van der Waals surface area contributed by atoms with E-state index < -0.39 is 17.8 Å². The van der Waals surface area contributed by atoms with Gasteiger partial charge in [-0.3, -0.25) is 4.79 Å². The minimum absolute atomic E-state index is 0.326. The average molecular weight is 347 g/mol. The number of halogens is 1. The molecule has 7 heteroatoms. The Balaban J connectivity index is 1.70. The van der Waals surface area contributed by atoms with Crippen LogP contribution in [0.1, 0.15) is 25.7 Å². The standard InChI is InChI=1S/C17H17FN2O3S/c18-11-7-5-10(6-8-11)14-9-24-17(19-14)20-15(21)12-3-1-2-4-13(12)16(22)23/h5-9,12-13H,1-4H2,(H,22,23)(H,19,20,21)/p-1/t12-,13+/m1/s1. The minimum Gasteiger partial charge on any atom is -0.550 e. The molecule has 1 N–H and O–H groups in total. The number of carboxylic acid groups (broad SMARTS) is 1. The van der Waals surface area contributed by atoms with E-state index in [2.05, 4.69) is 10.3 Å². The predicted octanol–water partition coefficient (Wildman–Crippen LogP) is 2.44. The number of rotatable bonds is 4. The highest BCUT2D eigenvalue weighted by Crippen LogP contribution is 2.32. The van der Waals surface area contributed by atoms with Gasteiger partial charge in [0.05, 0.1) is 5.69 Å². The number of carbonyl (C=O) groups excluding carboxylic acids is 2. The number of nitrogens with one attached hydrogen (secondary N) is 1. The van der Waals surface area contributed by atoms with Crippen molar-refractivity contribution in [2.75, 3.05) is 5.32 Å². The van der Waals surface area contributed by atoms with E-state index in [9.17, 15) is 19.1 Å². The van der Waals surface area contributed by atoms with Crippen LogP contribution in [-0.4, -0.2) is 16.9 Å². The first kappa shape index (κ1) is 16.6. The molecule has 1 aromatic heterocycles. The Bertz CT molecular complexity index is 745. The van der Waals surface area contributed by atoms with Crippen molar-refractivity contribution < 1.29 is 19.1 Å². The summed E-state index contributed by atoms with van der Waals surface area (Å²) in [5, 5.41) is 16.1. The third-order valence-electron chi connectivity index (χ3n) is 4.28. The lowest BCUT2D eigenvalue weighted by Crippen LogP contribution is -2.42. The normalized spacial score (nSPS) is 20.5. The van der Waals surface area contributed by atoms with Gasteiger partial charge in [-0.05, 0) is 37.1 Å². The van der Waals surface area contributed by atoms with Crippen molar-refractivity contribution in [2.45, 2.75) is 25.7 Å². The van der Waals surface area contributed by atoms with E-state index in [4.69, 9.17) is 0 Å². The highest BCUT2D eigenvalue weighted by molar-refractivity contribution is 7.14. The van der Waals surface area contributed by atoms with Gasteiger partial charge in [0.1, 0.15) is 5.82 Å². The van der Waals surface area contributed by atoms with Crippen LogP contribution in [-0.2, 0) is 9.59 Å². The van der Waals surface area contributed by atoms with Gasteiger partial charge in [-0.1, -0.05) is 12.8 Å². The van der Waals surface area contributed by atoms with Crippen LogP contribution in [0.4, 0.5) is 9.52 Å². The summed E-state index contributed by atoms with van der Waals surface area (Å²) in [6.45, 7) is 0. The number of nitrogens with zero attached hydrogens (tertiary/aromatic N) is 1. The Morgan fingerprint density at radius 1 is 1.17 bits per heavy atom. The molecule has 1 aromatic carbocycles. The molecule has 0 radical (unpaired) electrons. The number of hydrogen-bond acceptors (Lipinski definition) is 5. The van der Waals surface area contributed by atoms with Gasteiger partial charge in [-0.2, -0.15) is 0 Å². The summed E-state index contributed by atoms with van der Waals surface area (Å²) in [4.78, 5) is 27.9. The van der Waals surface area contributed by atoms with Gasteiger partial charge in [0.2, 0.25) is 5.91 Å². The molecule has 1 amide bonds. The van der Waals surface area contributed by atoms with Gasteiger partial charge in [0, 0.05) is 28.7 Å².